The lowest BCUT2D eigenvalue weighted by Gasteiger charge is -2.33. The summed E-state index contributed by atoms with van der Waals surface area (Å²) in [4.78, 5) is 26.9. The summed E-state index contributed by atoms with van der Waals surface area (Å²) in [5, 5.41) is 8.82. The van der Waals surface area contributed by atoms with Crippen LogP contribution in [0.3, 0.4) is 0 Å². The number of methoxy groups -OCH3 is 1. The van der Waals surface area contributed by atoms with E-state index in [1.807, 2.05) is 41.3 Å². The zero-order valence-corrected chi connectivity index (χ0v) is 15.9. The lowest BCUT2D eigenvalue weighted by molar-refractivity contribution is -0.137. The van der Waals surface area contributed by atoms with E-state index in [4.69, 9.17) is 9.94 Å². The third-order valence-electron chi connectivity index (χ3n) is 6.08. The van der Waals surface area contributed by atoms with Crippen LogP contribution >= 0.6 is 0 Å². The molecule has 2 amide bonds. The SMILES string of the molecule is COc1cccc(CN2CC[C@@]3(CCc4cc(C(=O)NO)ccc4C3)C2=O)c1. The summed E-state index contributed by atoms with van der Waals surface area (Å²) >= 11 is 0. The number of hydrogen-bond acceptors (Lipinski definition) is 4. The molecule has 1 spiro atoms. The molecule has 146 valence electrons. The van der Waals surface area contributed by atoms with Crippen LogP contribution in [0.4, 0.5) is 0 Å². The van der Waals surface area contributed by atoms with Crippen molar-refractivity contribution >= 4 is 11.8 Å². The maximum atomic E-state index is 13.3. The maximum absolute atomic E-state index is 13.3. The zero-order valence-electron chi connectivity index (χ0n) is 15.9. The summed E-state index contributed by atoms with van der Waals surface area (Å²) in [5.74, 6) is 0.510. The number of hydrogen-bond donors (Lipinski definition) is 2. The smallest absolute Gasteiger partial charge is 0.274 e. The van der Waals surface area contributed by atoms with Crippen molar-refractivity contribution in [1.29, 1.82) is 0 Å². The number of carbonyl (C=O) groups is 2. The van der Waals surface area contributed by atoms with Gasteiger partial charge in [-0.2, -0.15) is 0 Å². The first-order chi connectivity index (χ1) is 13.5. The lowest BCUT2D eigenvalue weighted by atomic mass is 9.70. The van der Waals surface area contributed by atoms with Crippen LogP contribution in [-0.2, 0) is 24.2 Å². The Bertz CT molecular complexity index is 927. The predicted molar refractivity (Wildman–Crippen MR) is 103 cm³/mol. The fourth-order valence-electron chi connectivity index (χ4n) is 4.49. The van der Waals surface area contributed by atoms with E-state index in [9.17, 15) is 9.59 Å². The Morgan fingerprint density at radius 2 is 2.07 bits per heavy atom. The van der Waals surface area contributed by atoms with Gasteiger partial charge in [0.05, 0.1) is 12.5 Å². The fraction of sp³-hybridized carbons (Fsp3) is 0.364. The minimum atomic E-state index is -0.510. The van der Waals surface area contributed by atoms with E-state index in [1.165, 1.54) is 0 Å². The molecule has 28 heavy (non-hydrogen) atoms. The van der Waals surface area contributed by atoms with Gasteiger partial charge in [0.1, 0.15) is 5.75 Å². The molecule has 6 heteroatoms. The van der Waals surface area contributed by atoms with Gasteiger partial charge in [-0.25, -0.2) is 5.48 Å². The number of carbonyl (C=O) groups excluding carboxylic acids is 2. The summed E-state index contributed by atoms with van der Waals surface area (Å²) in [6.45, 7) is 1.36. The monoisotopic (exact) mass is 380 g/mol. The highest BCUT2D eigenvalue weighted by molar-refractivity contribution is 5.93. The van der Waals surface area contributed by atoms with Crippen LogP contribution in [0.25, 0.3) is 0 Å². The van der Waals surface area contributed by atoms with Gasteiger partial charge in [0.25, 0.3) is 5.91 Å². The van der Waals surface area contributed by atoms with Crippen LogP contribution in [0.1, 0.15) is 39.9 Å². The molecule has 6 nitrogen and oxygen atoms in total. The quantitative estimate of drug-likeness (QED) is 0.631. The predicted octanol–water partition coefficient (Wildman–Crippen LogP) is 2.72. The molecule has 0 unspecified atom stereocenters. The van der Waals surface area contributed by atoms with Crippen LogP contribution in [0.2, 0.25) is 0 Å². The first-order valence-corrected chi connectivity index (χ1v) is 9.53. The molecule has 1 atom stereocenters. The molecule has 0 aromatic heterocycles. The number of aryl methyl sites for hydroxylation is 1. The average molecular weight is 380 g/mol. The Balaban J connectivity index is 1.51. The second-order valence-electron chi connectivity index (χ2n) is 7.71. The summed E-state index contributed by atoms with van der Waals surface area (Å²) in [6.07, 6.45) is 3.11. The van der Waals surface area contributed by atoms with Crippen LogP contribution in [-0.4, -0.2) is 35.6 Å². The van der Waals surface area contributed by atoms with Gasteiger partial charge in [-0.05, 0) is 66.6 Å². The molecule has 1 aliphatic heterocycles. The van der Waals surface area contributed by atoms with E-state index in [0.29, 0.717) is 18.5 Å². The molecular formula is C22H24N2O4. The van der Waals surface area contributed by atoms with Crippen molar-refractivity contribution in [3.63, 3.8) is 0 Å². The molecule has 0 saturated carbocycles. The Kier molecular flexibility index (Phi) is 4.81. The van der Waals surface area contributed by atoms with E-state index < -0.39 is 5.91 Å². The molecule has 2 aromatic rings. The standard InChI is InChI=1S/C22H24N2O4/c1-28-19-4-2-3-15(11-19)14-24-10-9-22(21(24)26)8-7-16-12-17(20(25)23-27)5-6-18(16)13-22/h2-6,11-12,27H,7-10,13-14H2,1H3,(H,23,25)/t22-/m1/s1. The molecule has 0 bridgehead atoms. The highest BCUT2D eigenvalue weighted by atomic mass is 16.5. The van der Waals surface area contributed by atoms with Gasteiger partial charge in [0, 0.05) is 18.7 Å². The number of likely N-dealkylation sites (tertiary alicyclic amines) is 1. The van der Waals surface area contributed by atoms with E-state index >= 15 is 0 Å². The summed E-state index contributed by atoms with van der Waals surface area (Å²) in [5.41, 5.74) is 5.05. The van der Waals surface area contributed by atoms with Crippen LogP contribution < -0.4 is 10.2 Å². The summed E-state index contributed by atoms with van der Waals surface area (Å²) in [7, 11) is 1.64. The van der Waals surface area contributed by atoms with Crippen molar-refractivity contribution in [3.8, 4) is 5.75 Å². The van der Waals surface area contributed by atoms with Gasteiger partial charge in [-0.15, -0.1) is 0 Å². The molecule has 1 aliphatic carbocycles. The van der Waals surface area contributed by atoms with Gasteiger partial charge in [0.15, 0.2) is 0 Å². The Hall–Kier alpha value is -2.86. The summed E-state index contributed by atoms with van der Waals surface area (Å²) < 4.78 is 5.28. The third-order valence-corrected chi connectivity index (χ3v) is 6.08. The van der Waals surface area contributed by atoms with E-state index in [1.54, 1.807) is 18.7 Å². The molecule has 2 aliphatic rings. The number of benzene rings is 2. The fourth-order valence-corrected chi connectivity index (χ4v) is 4.49. The van der Waals surface area contributed by atoms with Crippen LogP contribution in [0, 0.1) is 5.41 Å². The maximum Gasteiger partial charge on any atom is 0.274 e. The van der Waals surface area contributed by atoms with Gasteiger partial charge in [0.2, 0.25) is 5.91 Å². The average Bonchev–Trinajstić information content (AvgIpc) is 3.02. The van der Waals surface area contributed by atoms with Crippen molar-refractivity contribution in [2.75, 3.05) is 13.7 Å². The van der Waals surface area contributed by atoms with Gasteiger partial charge in [-0.1, -0.05) is 18.2 Å². The van der Waals surface area contributed by atoms with Crippen molar-refractivity contribution in [2.45, 2.75) is 32.2 Å². The van der Waals surface area contributed by atoms with Crippen molar-refractivity contribution in [2.24, 2.45) is 5.41 Å². The normalized spacial score (nSPS) is 20.9. The highest BCUT2D eigenvalue weighted by Crippen LogP contribution is 2.44. The second kappa shape index (κ2) is 7.28. The zero-order chi connectivity index (χ0) is 19.7. The number of ether oxygens (including phenoxy) is 1. The molecule has 1 heterocycles. The van der Waals surface area contributed by atoms with Crippen molar-refractivity contribution in [3.05, 3.63) is 64.7 Å². The molecule has 2 aromatic carbocycles. The minimum absolute atomic E-state index is 0.221. The van der Waals surface area contributed by atoms with Gasteiger partial charge >= 0.3 is 0 Å². The number of rotatable bonds is 4. The van der Waals surface area contributed by atoms with Crippen molar-refractivity contribution in [1.82, 2.24) is 10.4 Å². The molecule has 2 N–H and O–H groups in total. The first kappa shape index (κ1) is 18.5. The van der Waals surface area contributed by atoms with Crippen LogP contribution in [0.15, 0.2) is 42.5 Å². The number of fused-ring (bicyclic) bond motifs is 1. The number of nitrogens with one attached hydrogen (secondary N) is 1. The van der Waals surface area contributed by atoms with E-state index in [0.717, 1.165) is 48.2 Å². The number of nitrogens with zero attached hydrogens (tertiary/aromatic N) is 1. The Morgan fingerprint density at radius 3 is 2.86 bits per heavy atom. The third kappa shape index (κ3) is 3.24. The number of amides is 2. The summed E-state index contributed by atoms with van der Waals surface area (Å²) in [6, 6.07) is 13.3. The van der Waals surface area contributed by atoms with Gasteiger partial charge in [-0.3, -0.25) is 14.8 Å². The molecule has 1 saturated heterocycles. The first-order valence-electron chi connectivity index (χ1n) is 9.53. The topological polar surface area (TPSA) is 78.9 Å². The lowest BCUT2D eigenvalue weighted by Crippen LogP contribution is -2.38. The molecule has 0 radical (unpaired) electrons. The van der Waals surface area contributed by atoms with Crippen molar-refractivity contribution < 1.29 is 19.5 Å². The Labute approximate surface area is 164 Å². The second-order valence-corrected chi connectivity index (χ2v) is 7.71. The molecule has 1 fully saturated rings. The highest BCUT2D eigenvalue weighted by Gasteiger charge is 2.47. The van der Waals surface area contributed by atoms with E-state index in [2.05, 4.69) is 0 Å². The van der Waals surface area contributed by atoms with Crippen LogP contribution in [0.5, 0.6) is 5.75 Å². The largest absolute Gasteiger partial charge is 0.497 e. The minimum Gasteiger partial charge on any atom is -0.497 e. The van der Waals surface area contributed by atoms with E-state index in [-0.39, 0.29) is 11.3 Å². The number of hydroxylamine groups is 1. The Morgan fingerprint density at radius 1 is 1.21 bits per heavy atom. The molecular weight excluding hydrogens is 356 g/mol. The van der Waals surface area contributed by atoms with Gasteiger partial charge < -0.3 is 9.64 Å². The molecule has 4 rings (SSSR count).